The van der Waals surface area contributed by atoms with E-state index in [9.17, 15) is 9.18 Å². The number of anilines is 2. The summed E-state index contributed by atoms with van der Waals surface area (Å²) in [6.45, 7) is 6.05. The van der Waals surface area contributed by atoms with E-state index in [1.54, 1.807) is 12.4 Å². The first-order valence-corrected chi connectivity index (χ1v) is 11.5. The van der Waals surface area contributed by atoms with Gasteiger partial charge in [0.25, 0.3) is 0 Å². The van der Waals surface area contributed by atoms with Crippen LogP contribution in [-0.2, 0) is 4.79 Å². The van der Waals surface area contributed by atoms with E-state index in [1.807, 2.05) is 22.8 Å². The molecule has 1 aliphatic heterocycles. The molecule has 1 fully saturated rings. The number of carbonyl (C=O) groups excluding carboxylic acids is 1. The maximum Gasteiger partial charge on any atom is 0.234 e. The van der Waals surface area contributed by atoms with Crippen molar-refractivity contribution in [2.24, 2.45) is 0 Å². The Morgan fingerprint density at radius 3 is 2.61 bits per heavy atom. The number of rotatable bonds is 7. The van der Waals surface area contributed by atoms with Crippen LogP contribution in [0.25, 0.3) is 5.69 Å². The number of aromatic nitrogens is 3. The van der Waals surface area contributed by atoms with E-state index < -0.39 is 5.82 Å². The monoisotopic (exact) mass is 439 g/mol. The molecule has 2 heterocycles. The first-order chi connectivity index (χ1) is 15.0. The van der Waals surface area contributed by atoms with Gasteiger partial charge in [-0.1, -0.05) is 43.8 Å². The van der Waals surface area contributed by atoms with Crippen LogP contribution < -0.4 is 10.2 Å². The van der Waals surface area contributed by atoms with Gasteiger partial charge in [-0.05, 0) is 48.6 Å². The predicted molar refractivity (Wildman–Crippen MR) is 123 cm³/mol. The Morgan fingerprint density at radius 1 is 1.16 bits per heavy atom. The van der Waals surface area contributed by atoms with E-state index in [0.717, 1.165) is 37.3 Å². The highest BCUT2D eigenvalue weighted by molar-refractivity contribution is 7.99. The number of para-hydroxylation sites is 1. The zero-order valence-electron chi connectivity index (χ0n) is 17.7. The molecular weight excluding hydrogens is 413 g/mol. The van der Waals surface area contributed by atoms with Gasteiger partial charge in [-0.3, -0.25) is 9.36 Å². The quantitative estimate of drug-likeness (QED) is 0.533. The van der Waals surface area contributed by atoms with Crippen LogP contribution in [0.1, 0.15) is 38.2 Å². The van der Waals surface area contributed by atoms with Gasteiger partial charge in [0.15, 0.2) is 5.16 Å². The van der Waals surface area contributed by atoms with E-state index in [0.29, 0.717) is 11.1 Å². The van der Waals surface area contributed by atoms with E-state index in [-0.39, 0.29) is 17.3 Å². The van der Waals surface area contributed by atoms with Crippen LogP contribution in [0.15, 0.2) is 53.9 Å². The average molecular weight is 440 g/mol. The summed E-state index contributed by atoms with van der Waals surface area (Å²) in [5.41, 5.74) is 3.18. The lowest BCUT2D eigenvalue weighted by molar-refractivity contribution is -0.113. The molecule has 3 aromatic rings. The number of hydrogen-bond acceptors (Lipinski definition) is 5. The van der Waals surface area contributed by atoms with Crippen molar-refractivity contribution >= 4 is 29.0 Å². The molecule has 0 unspecified atom stereocenters. The molecule has 1 aliphatic rings. The van der Waals surface area contributed by atoms with Crippen molar-refractivity contribution in [3.05, 3.63) is 60.2 Å². The van der Waals surface area contributed by atoms with Crippen molar-refractivity contribution < 1.29 is 9.18 Å². The number of thioether (sulfide) groups is 1. The lowest BCUT2D eigenvalue weighted by Crippen LogP contribution is -2.22. The number of halogens is 1. The number of nitrogens with zero attached hydrogens (tertiary/aromatic N) is 4. The molecule has 31 heavy (non-hydrogen) atoms. The molecule has 4 rings (SSSR count). The zero-order chi connectivity index (χ0) is 21.8. The second-order valence-electron chi connectivity index (χ2n) is 7.89. The number of benzene rings is 2. The van der Waals surface area contributed by atoms with Crippen LogP contribution in [0, 0.1) is 5.82 Å². The third kappa shape index (κ3) is 4.90. The van der Waals surface area contributed by atoms with Crippen LogP contribution in [0.2, 0.25) is 0 Å². The summed E-state index contributed by atoms with van der Waals surface area (Å²) < 4.78 is 16.3. The van der Waals surface area contributed by atoms with Crippen LogP contribution in [0.5, 0.6) is 0 Å². The fourth-order valence-electron chi connectivity index (χ4n) is 3.68. The molecule has 0 aliphatic carbocycles. The van der Waals surface area contributed by atoms with E-state index in [4.69, 9.17) is 0 Å². The lowest BCUT2D eigenvalue weighted by atomic mass is 10.0. The maximum absolute atomic E-state index is 14.5. The van der Waals surface area contributed by atoms with Crippen LogP contribution >= 0.6 is 11.8 Å². The Kier molecular flexibility index (Phi) is 6.56. The third-order valence-electron chi connectivity index (χ3n) is 5.39. The Balaban J connectivity index is 1.43. The molecule has 0 atom stereocenters. The molecule has 0 bridgehead atoms. The fraction of sp³-hybridized carbons (Fsp3) is 0.348. The number of carbonyl (C=O) groups is 1. The van der Waals surface area contributed by atoms with Crippen molar-refractivity contribution in [3.8, 4) is 5.69 Å². The van der Waals surface area contributed by atoms with Crippen molar-refractivity contribution in [2.45, 2.75) is 37.8 Å². The number of amides is 1. The van der Waals surface area contributed by atoms with E-state index in [1.165, 1.54) is 23.4 Å². The Hall–Kier alpha value is -2.87. The smallest absolute Gasteiger partial charge is 0.234 e. The third-order valence-corrected chi connectivity index (χ3v) is 6.33. The van der Waals surface area contributed by atoms with Crippen LogP contribution in [0.4, 0.5) is 15.8 Å². The summed E-state index contributed by atoms with van der Waals surface area (Å²) in [6, 6.07) is 13.1. The fourth-order valence-corrected chi connectivity index (χ4v) is 4.41. The standard InChI is InChI=1S/C23H26FN5OS/c1-16(2)17-8-10-18(11-9-17)29-15-25-27-23(29)31-14-21(30)26-22-19(24)6-5-7-20(22)28-12-3-4-13-28/h5-11,15-16H,3-4,12-14H2,1-2H3,(H,26,30). The van der Waals surface area contributed by atoms with Crippen molar-refractivity contribution in [1.82, 2.24) is 14.8 Å². The largest absolute Gasteiger partial charge is 0.370 e. The first kappa shape index (κ1) is 21.4. The molecule has 0 radical (unpaired) electrons. The highest BCUT2D eigenvalue weighted by Crippen LogP contribution is 2.31. The molecule has 0 saturated carbocycles. The van der Waals surface area contributed by atoms with Gasteiger partial charge < -0.3 is 10.2 Å². The first-order valence-electron chi connectivity index (χ1n) is 10.5. The molecule has 1 N–H and O–H groups in total. The van der Waals surface area contributed by atoms with Gasteiger partial charge in [-0.15, -0.1) is 10.2 Å². The topological polar surface area (TPSA) is 63.1 Å². The van der Waals surface area contributed by atoms with Crippen molar-refractivity contribution in [2.75, 3.05) is 29.1 Å². The highest BCUT2D eigenvalue weighted by Gasteiger charge is 2.20. The zero-order valence-corrected chi connectivity index (χ0v) is 18.5. The molecule has 162 valence electrons. The van der Waals surface area contributed by atoms with Gasteiger partial charge >= 0.3 is 0 Å². The Bertz CT molecular complexity index is 1040. The predicted octanol–water partition coefficient (Wildman–Crippen LogP) is 4.86. The molecular formula is C23H26FN5OS. The number of hydrogen-bond donors (Lipinski definition) is 1. The van der Waals surface area contributed by atoms with E-state index in [2.05, 4.69) is 46.4 Å². The van der Waals surface area contributed by atoms with Gasteiger partial charge in [-0.25, -0.2) is 4.39 Å². The van der Waals surface area contributed by atoms with Gasteiger partial charge in [0.05, 0.1) is 11.4 Å². The minimum absolute atomic E-state index is 0.108. The summed E-state index contributed by atoms with van der Waals surface area (Å²) in [7, 11) is 0. The molecule has 0 spiro atoms. The van der Waals surface area contributed by atoms with Crippen molar-refractivity contribution in [3.63, 3.8) is 0 Å². The van der Waals surface area contributed by atoms with Crippen LogP contribution in [0.3, 0.4) is 0 Å². The minimum atomic E-state index is -0.420. The van der Waals surface area contributed by atoms with Gasteiger partial charge in [0, 0.05) is 18.8 Å². The molecule has 6 nitrogen and oxygen atoms in total. The van der Waals surface area contributed by atoms with Gasteiger partial charge in [-0.2, -0.15) is 0 Å². The molecule has 1 amide bonds. The highest BCUT2D eigenvalue weighted by atomic mass is 32.2. The molecule has 8 heteroatoms. The minimum Gasteiger partial charge on any atom is -0.370 e. The Morgan fingerprint density at radius 2 is 1.90 bits per heavy atom. The molecule has 1 saturated heterocycles. The second-order valence-corrected chi connectivity index (χ2v) is 8.84. The summed E-state index contributed by atoms with van der Waals surface area (Å²) in [5.74, 6) is -0.135. The summed E-state index contributed by atoms with van der Waals surface area (Å²) in [5, 5.41) is 11.5. The number of nitrogens with one attached hydrogen (secondary N) is 1. The SMILES string of the molecule is CC(C)c1ccc(-n2cnnc2SCC(=O)Nc2c(F)cccc2N2CCCC2)cc1. The van der Waals surface area contributed by atoms with E-state index >= 15 is 0 Å². The molecule has 2 aromatic carbocycles. The normalized spacial score (nSPS) is 13.7. The average Bonchev–Trinajstić information content (AvgIpc) is 3.46. The van der Waals surface area contributed by atoms with Crippen molar-refractivity contribution in [1.29, 1.82) is 0 Å². The summed E-state index contributed by atoms with van der Waals surface area (Å²) in [4.78, 5) is 14.7. The second kappa shape index (κ2) is 9.51. The summed E-state index contributed by atoms with van der Waals surface area (Å²) in [6.07, 6.45) is 3.79. The van der Waals surface area contributed by atoms with Gasteiger partial charge in [0.1, 0.15) is 17.8 Å². The van der Waals surface area contributed by atoms with Crippen LogP contribution in [-0.4, -0.2) is 39.5 Å². The summed E-state index contributed by atoms with van der Waals surface area (Å²) >= 11 is 1.27. The lowest BCUT2D eigenvalue weighted by Gasteiger charge is -2.22. The maximum atomic E-state index is 14.5. The molecule has 1 aromatic heterocycles. The van der Waals surface area contributed by atoms with Gasteiger partial charge in [0.2, 0.25) is 5.91 Å². The Labute approximate surface area is 185 Å².